The topological polar surface area (TPSA) is 181 Å². The molecule has 5 N–H and O–H groups in total. The highest BCUT2D eigenvalue weighted by Gasteiger charge is 2.30. The molecule has 1 aromatic carbocycles. The van der Waals surface area contributed by atoms with Crippen molar-refractivity contribution in [2.75, 3.05) is 32.7 Å². The molecule has 0 aliphatic carbocycles. The number of thiazole rings is 1. The molecule has 3 rings (SSSR count). The van der Waals surface area contributed by atoms with Gasteiger partial charge in [-0.15, -0.1) is 11.3 Å². The summed E-state index contributed by atoms with van der Waals surface area (Å²) in [6.45, 7) is 0.185. The molecule has 14 heteroatoms. The summed E-state index contributed by atoms with van der Waals surface area (Å²) in [5.74, 6) is -1.42. The largest absolute Gasteiger partial charge is 0.370 e. The fourth-order valence-corrected chi connectivity index (χ4v) is 6.00. The van der Waals surface area contributed by atoms with Crippen LogP contribution in [0.25, 0.3) is 0 Å². The predicted octanol–water partition coefficient (Wildman–Crippen LogP) is -0.0715. The van der Waals surface area contributed by atoms with Gasteiger partial charge < -0.3 is 21.7 Å². The van der Waals surface area contributed by atoms with E-state index >= 15 is 0 Å². The molecule has 1 aromatic heterocycles. The number of amides is 2. The highest BCUT2D eigenvalue weighted by atomic mass is 32.2. The third kappa shape index (κ3) is 8.61. The molecule has 12 nitrogen and oxygen atoms in total. The van der Waals surface area contributed by atoms with Crippen LogP contribution in [0.15, 0.2) is 46.9 Å². The van der Waals surface area contributed by atoms with Crippen LogP contribution in [0.1, 0.15) is 34.6 Å². The molecular weight excluding hydrogens is 518 g/mol. The van der Waals surface area contributed by atoms with Gasteiger partial charge in [0.05, 0.1) is 18.3 Å². The third-order valence-electron chi connectivity index (χ3n) is 5.71. The van der Waals surface area contributed by atoms with Crippen LogP contribution in [0, 0.1) is 0 Å². The number of nitrogens with two attached hydrogens (primary N) is 2. The number of guanidine groups is 1. The number of aromatic nitrogens is 1. The van der Waals surface area contributed by atoms with Crippen molar-refractivity contribution in [3.8, 4) is 0 Å². The second-order valence-electron chi connectivity index (χ2n) is 8.48. The van der Waals surface area contributed by atoms with Crippen LogP contribution in [0.4, 0.5) is 0 Å². The second kappa shape index (κ2) is 13.3. The van der Waals surface area contributed by atoms with Crippen LogP contribution < -0.4 is 16.8 Å². The number of aliphatic imine (C=N–C) groups is 1. The molecule has 1 fully saturated rings. The van der Waals surface area contributed by atoms with Gasteiger partial charge >= 0.3 is 0 Å². The van der Waals surface area contributed by atoms with Crippen molar-refractivity contribution in [3.05, 3.63) is 52.5 Å². The van der Waals surface area contributed by atoms with Gasteiger partial charge in [-0.1, -0.05) is 30.3 Å². The van der Waals surface area contributed by atoms with E-state index in [1.807, 2.05) is 6.07 Å². The summed E-state index contributed by atoms with van der Waals surface area (Å²) in [4.78, 5) is 47.6. The molecule has 1 atom stereocenters. The Morgan fingerprint density at radius 1 is 1.16 bits per heavy atom. The molecule has 0 bridgehead atoms. The molecule has 0 unspecified atom stereocenters. The average Bonchev–Trinajstić information content (AvgIpc) is 3.33. The van der Waals surface area contributed by atoms with Gasteiger partial charge in [0.2, 0.25) is 27.6 Å². The number of carbonyl (C=O) groups is 3. The quantitative estimate of drug-likeness (QED) is 0.142. The first-order valence-corrected chi connectivity index (χ1v) is 14.2. The number of carbonyl (C=O) groups excluding carboxylic acids is 3. The van der Waals surface area contributed by atoms with Crippen molar-refractivity contribution >= 4 is 44.9 Å². The Bertz CT molecular complexity index is 1200. The van der Waals surface area contributed by atoms with E-state index < -0.39 is 22.0 Å². The lowest BCUT2D eigenvalue weighted by Gasteiger charge is -2.23. The minimum absolute atomic E-state index is 0.0404. The van der Waals surface area contributed by atoms with Gasteiger partial charge in [-0.3, -0.25) is 19.4 Å². The minimum Gasteiger partial charge on any atom is -0.370 e. The van der Waals surface area contributed by atoms with Crippen LogP contribution in [-0.2, 0) is 25.4 Å². The molecule has 0 saturated carbocycles. The van der Waals surface area contributed by atoms with E-state index in [0.29, 0.717) is 12.0 Å². The highest BCUT2D eigenvalue weighted by Crippen LogP contribution is 2.15. The van der Waals surface area contributed by atoms with Crippen molar-refractivity contribution < 1.29 is 22.8 Å². The van der Waals surface area contributed by atoms with Gasteiger partial charge in [0.25, 0.3) is 0 Å². The van der Waals surface area contributed by atoms with Gasteiger partial charge in [-0.2, -0.15) is 4.31 Å². The molecule has 200 valence electrons. The van der Waals surface area contributed by atoms with Crippen molar-refractivity contribution in [2.24, 2.45) is 16.5 Å². The molecule has 1 aliphatic rings. The maximum atomic E-state index is 12.9. The fraction of sp³-hybridized carbons (Fsp3) is 0.435. The first-order chi connectivity index (χ1) is 17.7. The molecule has 2 heterocycles. The Morgan fingerprint density at radius 3 is 2.59 bits per heavy atom. The summed E-state index contributed by atoms with van der Waals surface area (Å²) in [6, 6.07) is 7.95. The van der Waals surface area contributed by atoms with Crippen LogP contribution in [0.2, 0.25) is 0 Å². The number of benzene rings is 1. The van der Waals surface area contributed by atoms with E-state index in [2.05, 4.69) is 15.3 Å². The Hall–Kier alpha value is -3.36. The SMILES string of the molecule is NC(N)=NCCC[C@H](NC(=O)CN1CCN(S(=O)(=O)Cc2ccccc2)CCC1=O)C(=O)c1nccs1. The summed E-state index contributed by atoms with van der Waals surface area (Å²) in [5, 5.41) is 4.62. The molecular formula is C23H31N7O5S2. The van der Waals surface area contributed by atoms with Crippen molar-refractivity contribution in [3.63, 3.8) is 0 Å². The monoisotopic (exact) mass is 549 g/mol. The van der Waals surface area contributed by atoms with Gasteiger partial charge in [0, 0.05) is 44.2 Å². The lowest BCUT2D eigenvalue weighted by Crippen LogP contribution is -2.47. The van der Waals surface area contributed by atoms with Crippen molar-refractivity contribution in [1.29, 1.82) is 0 Å². The maximum absolute atomic E-state index is 12.9. The molecule has 0 spiro atoms. The number of Topliss-reactive ketones (excluding diaryl/α,β-unsaturated/α-hetero) is 1. The minimum atomic E-state index is -3.63. The van der Waals surface area contributed by atoms with Crippen LogP contribution >= 0.6 is 11.3 Å². The summed E-state index contributed by atoms with van der Waals surface area (Å²) >= 11 is 1.17. The predicted molar refractivity (Wildman–Crippen MR) is 140 cm³/mol. The fourth-order valence-electron chi connectivity index (χ4n) is 3.85. The second-order valence-corrected chi connectivity index (χ2v) is 11.3. The normalized spacial score (nSPS) is 15.6. The van der Waals surface area contributed by atoms with Gasteiger partial charge in [0.15, 0.2) is 11.0 Å². The Labute approximate surface area is 219 Å². The Balaban J connectivity index is 1.60. The molecule has 2 amide bonds. The third-order valence-corrected chi connectivity index (χ3v) is 8.34. The Kier molecular flexibility index (Phi) is 10.1. The molecule has 37 heavy (non-hydrogen) atoms. The molecule has 2 aromatic rings. The number of sulfonamides is 1. The zero-order valence-electron chi connectivity index (χ0n) is 20.3. The van der Waals surface area contributed by atoms with E-state index in [1.165, 1.54) is 26.7 Å². The van der Waals surface area contributed by atoms with Crippen LogP contribution in [0.5, 0.6) is 0 Å². The van der Waals surface area contributed by atoms with Crippen molar-refractivity contribution in [2.45, 2.75) is 31.1 Å². The van der Waals surface area contributed by atoms with Crippen LogP contribution in [-0.4, -0.2) is 84.9 Å². The molecule has 1 aliphatic heterocycles. The van der Waals surface area contributed by atoms with Crippen LogP contribution in [0.3, 0.4) is 0 Å². The number of hydrogen-bond donors (Lipinski definition) is 3. The van der Waals surface area contributed by atoms with Gasteiger partial charge in [0.1, 0.15) is 0 Å². The zero-order chi connectivity index (χ0) is 26.8. The zero-order valence-corrected chi connectivity index (χ0v) is 21.9. The van der Waals surface area contributed by atoms with E-state index in [9.17, 15) is 22.8 Å². The first-order valence-electron chi connectivity index (χ1n) is 11.7. The van der Waals surface area contributed by atoms with Gasteiger partial charge in [-0.25, -0.2) is 13.4 Å². The summed E-state index contributed by atoms with van der Waals surface area (Å²) in [6.07, 6.45) is 2.18. The Morgan fingerprint density at radius 2 is 1.92 bits per heavy atom. The number of hydrogen-bond acceptors (Lipinski definition) is 8. The van der Waals surface area contributed by atoms with Crippen molar-refractivity contribution in [1.82, 2.24) is 19.5 Å². The number of ketones is 1. The number of rotatable bonds is 12. The first kappa shape index (κ1) is 28.2. The molecule has 0 radical (unpaired) electrons. The number of nitrogens with zero attached hydrogens (tertiary/aromatic N) is 4. The van der Waals surface area contributed by atoms with E-state index in [-0.39, 0.29) is 74.0 Å². The average molecular weight is 550 g/mol. The van der Waals surface area contributed by atoms with E-state index in [4.69, 9.17) is 11.5 Å². The molecule has 1 saturated heterocycles. The van der Waals surface area contributed by atoms with Gasteiger partial charge in [-0.05, 0) is 18.4 Å². The van der Waals surface area contributed by atoms with E-state index in [1.54, 1.807) is 29.6 Å². The summed E-state index contributed by atoms with van der Waals surface area (Å²) in [5.41, 5.74) is 11.3. The lowest BCUT2D eigenvalue weighted by atomic mass is 10.1. The number of nitrogens with one attached hydrogen (secondary N) is 1. The summed E-state index contributed by atoms with van der Waals surface area (Å²) < 4.78 is 27.1. The smallest absolute Gasteiger partial charge is 0.240 e. The lowest BCUT2D eigenvalue weighted by molar-refractivity contribution is -0.135. The summed E-state index contributed by atoms with van der Waals surface area (Å²) in [7, 11) is -3.63. The highest BCUT2D eigenvalue weighted by molar-refractivity contribution is 7.88. The van der Waals surface area contributed by atoms with E-state index in [0.717, 1.165) is 0 Å². The standard InChI is InChI=1S/C23H31N7O5S2/c24-23(25)27-9-4-7-18(21(33)22-26-10-14-36-22)28-19(31)15-29-12-13-30(11-8-20(29)32)37(34,35)16-17-5-2-1-3-6-17/h1-3,5-6,10,14,18H,4,7-9,11-13,15-16H2,(H,28,31)(H4,24,25,27)/t18-/m0/s1. The maximum Gasteiger partial charge on any atom is 0.240 e.